The van der Waals surface area contributed by atoms with Crippen molar-refractivity contribution < 1.29 is 4.74 Å². The highest BCUT2D eigenvalue weighted by Gasteiger charge is 2.16. The summed E-state index contributed by atoms with van der Waals surface area (Å²) in [6, 6.07) is 0. The van der Waals surface area contributed by atoms with Gasteiger partial charge < -0.3 is 4.74 Å². The summed E-state index contributed by atoms with van der Waals surface area (Å²) in [6.45, 7) is 0. The molecule has 0 unspecified atom stereocenters. The fourth-order valence-electron chi connectivity index (χ4n) is 0.976. The molecule has 0 heterocycles. The summed E-state index contributed by atoms with van der Waals surface area (Å²) in [5.41, 5.74) is 0.829. The summed E-state index contributed by atoms with van der Waals surface area (Å²) in [5, 5.41) is 16.9. The lowest BCUT2D eigenvalue weighted by Gasteiger charge is -2.11. The maximum Gasteiger partial charge on any atom is 0.206 e. The number of methoxy groups -OCH3 is 1. The van der Waals surface area contributed by atoms with Gasteiger partial charge in [-0.05, 0) is 22.0 Å². The standard InChI is InChI=1S/C9H5BrN4O/c1-15-9-3-7(13-4-11)6(10)2-8(9)14-5-12/h2-3H,1H3. The highest BCUT2D eigenvalue weighted by Crippen LogP contribution is 2.19. The summed E-state index contributed by atoms with van der Waals surface area (Å²) in [6.07, 6.45) is 6.44. The first-order chi connectivity index (χ1) is 7.22. The molecule has 0 spiro atoms. The average Bonchev–Trinajstić information content (AvgIpc) is 2.22. The first-order valence-corrected chi connectivity index (χ1v) is 4.59. The lowest BCUT2D eigenvalue weighted by molar-refractivity contribution is 0.316. The molecule has 1 aliphatic rings. The van der Waals surface area contributed by atoms with Crippen LogP contribution in [0.4, 0.5) is 0 Å². The zero-order valence-corrected chi connectivity index (χ0v) is 9.32. The fraction of sp³-hybridized carbons (Fsp3) is 0.111. The van der Waals surface area contributed by atoms with Crippen molar-refractivity contribution >= 4 is 27.4 Å². The van der Waals surface area contributed by atoms with E-state index in [1.165, 1.54) is 13.2 Å². The Balaban J connectivity index is 3.21. The van der Waals surface area contributed by atoms with Gasteiger partial charge in [-0.25, -0.2) is 0 Å². The molecule has 0 bridgehead atoms. The topological polar surface area (TPSA) is 81.5 Å². The van der Waals surface area contributed by atoms with E-state index in [4.69, 9.17) is 15.3 Å². The zero-order valence-electron chi connectivity index (χ0n) is 7.73. The van der Waals surface area contributed by atoms with Crippen molar-refractivity contribution in [3.05, 3.63) is 22.4 Å². The molecule has 0 atom stereocenters. The molecule has 0 aliphatic heterocycles. The molecule has 1 rings (SSSR count). The molecule has 6 heteroatoms. The van der Waals surface area contributed by atoms with Gasteiger partial charge in [-0.15, -0.1) is 0 Å². The first-order valence-electron chi connectivity index (χ1n) is 3.80. The van der Waals surface area contributed by atoms with Crippen molar-refractivity contribution in [2.24, 2.45) is 9.98 Å². The molecule has 0 radical (unpaired) electrons. The Labute approximate surface area is 94.8 Å². The Morgan fingerprint density at radius 1 is 1.20 bits per heavy atom. The number of hydrogen-bond donors (Lipinski definition) is 0. The maximum atomic E-state index is 8.44. The van der Waals surface area contributed by atoms with E-state index in [1.807, 2.05) is 0 Å². The smallest absolute Gasteiger partial charge is 0.206 e. The van der Waals surface area contributed by atoms with E-state index in [0.717, 1.165) is 0 Å². The van der Waals surface area contributed by atoms with E-state index >= 15 is 0 Å². The Bertz CT molecular complexity index is 473. The minimum atomic E-state index is 0.392. The lowest BCUT2D eigenvalue weighted by atomic mass is 10.1. The van der Waals surface area contributed by atoms with Gasteiger partial charge in [-0.1, -0.05) is 0 Å². The van der Waals surface area contributed by atoms with Gasteiger partial charge in [0.05, 0.1) is 12.8 Å². The zero-order chi connectivity index (χ0) is 11.3. The number of rotatable bonds is 1. The van der Waals surface area contributed by atoms with Gasteiger partial charge in [0, 0.05) is 10.6 Å². The molecule has 0 aromatic carbocycles. The number of hydrogen-bond acceptors (Lipinski definition) is 5. The molecule has 0 amide bonds. The lowest BCUT2D eigenvalue weighted by Crippen LogP contribution is -2.12. The minimum Gasteiger partial charge on any atom is -0.494 e. The van der Waals surface area contributed by atoms with Gasteiger partial charge in [0.15, 0.2) is 0 Å². The normalized spacial score (nSPS) is 20.3. The molecule has 0 N–H and O–H groups in total. The quantitative estimate of drug-likeness (QED) is 0.534. The first kappa shape index (κ1) is 11.2. The molecular formula is C9H5BrN4O. The second kappa shape index (κ2) is 5.08. The van der Waals surface area contributed by atoms with Crippen molar-refractivity contribution in [2.45, 2.75) is 0 Å². The van der Waals surface area contributed by atoms with Crippen molar-refractivity contribution in [2.75, 3.05) is 7.11 Å². The Morgan fingerprint density at radius 3 is 2.33 bits per heavy atom. The van der Waals surface area contributed by atoms with Crippen molar-refractivity contribution in [1.82, 2.24) is 0 Å². The predicted molar refractivity (Wildman–Crippen MR) is 58.2 cm³/mol. The monoisotopic (exact) mass is 264 g/mol. The van der Waals surface area contributed by atoms with Crippen LogP contribution < -0.4 is 0 Å². The predicted octanol–water partition coefficient (Wildman–Crippen LogP) is 1.65. The molecular weight excluding hydrogens is 260 g/mol. The maximum absolute atomic E-state index is 8.44. The third-order valence-electron chi connectivity index (χ3n) is 1.59. The van der Waals surface area contributed by atoms with Crippen LogP contribution in [0.25, 0.3) is 0 Å². The summed E-state index contributed by atoms with van der Waals surface area (Å²) in [7, 11) is 1.45. The largest absolute Gasteiger partial charge is 0.494 e. The number of allylic oxidation sites excluding steroid dienone is 3. The van der Waals surface area contributed by atoms with E-state index < -0.39 is 0 Å². The Kier molecular flexibility index (Phi) is 3.78. The second-order valence-corrected chi connectivity index (χ2v) is 3.25. The molecule has 1 aliphatic carbocycles. The van der Waals surface area contributed by atoms with Crippen LogP contribution in [-0.2, 0) is 4.74 Å². The molecule has 0 fully saturated rings. The van der Waals surface area contributed by atoms with Crippen LogP contribution in [0.1, 0.15) is 0 Å². The number of nitriles is 2. The molecule has 0 saturated carbocycles. The van der Waals surface area contributed by atoms with Crippen LogP contribution in [0.15, 0.2) is 32.4 Å². The Hall–Kier alpha value is -1.92. The van der Waals surface area contributed by atoms with Crippen LogP contribution in [-0.4, -0.2) is 18.5 Å². The van der Waals surface area contributed by atoms with Gasteiger partial charge in [0.2, 0.25) is 12.4 Å². The number of nitrogens with zero attached hydrogens (tertiary/aromatic N) is 4. The summed E-state index contributed by atoms with van der Waals surface area (Å²) in [4.78, 5) is 7.14. The molecule has 74 valence electrons. The summed E-state index contributed by atoms with van der Waals surface area (Å²) >= 11 is 3.21. The molecule has 0 aromatic heterocycles. The molecule has 0 aromatic rings. The summed E-state index contributed by atoms with van der Waals surface area (Å²) < 4.78 is 5.59. The SMILES string of the molecule is COC1=CC(=NC#N)C(Br)=CC1=NC#N. The van der Waals surface area contributed by atoms with Crippen LogP contribution in [0, 0.1) is 22.9 Å². The molecule has 15 heavy (non-hydrogen) atoms. The Morgan fingerprint density at radius 2 is 1.80 bits per heavy atom. The third kappa shape index (κ3) is 2.52. The van der Waals surface area contributed by atoms with Crippen LogP contribution >= 0.6 is 15.9 Å². The van der Waals surface area contributed by atoms with E-state index in [9.17, 15) is 0 Å². The number of halogens is 1. The van der Waals surface area contributed by atoms with Crippen LogP contribution in [0.3, 0.4) is 0 Å². The number of aliphatic imine (C=N–C) groups is 2. The molecule has 5 nitrogen and oxygen atoms in total. The average molecular weight is 265 g/mol. The fourth-order valence-corrected chi connectivity index (χ4v) is 1.40. The summed E-state index contributed by atoms with van der Waals surface area (Å²) in [5.74, 6) is 0.397. The van der Waals surface area contributed by atoms with Gasteiger partial charge in [0.1, 0.15) is 11.5 Å². The van der Waals surface area contributed by atoms with E-state index in [-0.39, 0.29) is 0 Å². The van der Waals surface area contributed by atoms with E-state index in [1.54, 1.807) is 18.5 Å². The van der Waals surface area contributed by atoms with E-state index in [2.05, 4.69) is 25.9 Å². The highest BCUT2D eigenvalue weighted by atomic mass is 79.9. The van der Waals surface area contributed by atoms with Gasteiger partial charge in [0.25, 0.3) is 0 Å². The molecule has 0 saturated heterocycles. The van der Waals surface area contributed by atoms with Gasteiger partial charge in [-0.3, -0.25) is 0 Å². The van der Waals surface area contributed by atoms with Crippen molar-refractivity contribution in [3.8, 4) is 12.4 Å². The van der Waals surface area contributed by atoms with Crippen LogP contribution in [0.2, 0.25) is 0 Å². The second-order valence-electron chi connectivity index (χ2n) is 2.40. The number of ether oxygens (including phenoxy) is 1. The minimum absolute atomic E-state index is 0.392. The highest BCUT2D eigenvalue weighted by molar-refractivity contribution is 9.12. The van der Waals surface area contributed by atoms with Crippen molar-refractivity contribution in [1.29, 1.82) is 10.5 Å². The van der Waals surface area contributed by atoms with Gasteiger partial charge in [-0.2, -0.15) is 20.5 Å². The van der Waals surface area contributed by atoms with Crippen molar-refractivity contribution in [3.63, 3.8) is 0 Å². The van der Waals surface area contributed by atoms with E-state index in [0.29, 0.717) is 21.7 Å². The van der Waals surface area contributed by atoms with Crippen LogP contribution in [0.5, 0.6) is 0 Å². The van der Waals surface area contributed by atoms with Gasteiger partial charge >= 0.3 is 0 Å². The third-order valence-corrected chi connectivity index (χ3v) is 2.22.